The molecule has 2 fully saturated rings. The molecule has 0 saturated carbocycles. The summed E-state index contributed by atoms with van der Waals surface area (Å²) in [4.78, 5) is 58.8. The molecule has 5 aromatic rings. The summed E-state index contributed by atoms with van der Waals surface area (Å²) in [5, 5.41) is 19.7. The zero-order chi connectivity index (χ0) is 53.7. The highest BCUT2D eigenvalue weighted by Crippen LogP contribution is 2.35. The van der Waals surface area contributed by atoms with Crippen molar-refractivity contribution in [3.8, 4) is 27.4 Å². The first-order valence-electron chi connectivity index (χ1n) is 25.0. The Morgan fingerprint density at radius 3 is 2.21 bits per heavy atom. The number of thiazole rings is 1. The van der Waals surface area contributed by atoms with Gasteiger partial charge in [-0.2, -0.15) is 13.2 Å². The molecule has 3 amide bonds. The van der Waals surface area contributed by atoms with E-state index in [-0.39, 0.29) is 49.6 Å². The number of morpholine rings is 1. The summed E-state index contributed by atoms with van der Waals surface area (Å²) in [5.74, 6) is -0.866. The molecule has 3 aromatic heterocycles. The first-order chi connectivity index (χ1) is 35.9. The number of pyridine rings is 2. The van der Waals surface area contributed by atoms with Crippen LogP contribution in [0, 0.1) is 19.3 Å². The second-order valence-electron chi connectivity index (χ2n) is 19.5. The monoisotopic (exact) mass is 1060 g/mol. The molecule has 2 saturated heterocycles. The number of anilines is 2. The van der Waals surface area contributed by atoms with Crippen molar-refractivity contribution in [1.29, 1.82) is 0 Å². The highest BCUT2D eigenvalue weighted by atomic mass is 32.1. The number of hydrogen-bond donors (Lipinski definition) is 4. The van der Waals surface area contributed by atoms with Crippen molar-refractivity contribution in [2.75, 3.05) is 95.9 Å². The van der Waals surface area contributed by atoms with Gasteiger partial charge < -0.3 is 54.5 Å². The maximum absolute atomic E-state index is 14.1. The molecule has 2 aromatic carbocycles. The maximum atomic E-state index is 14.1. The van der Waals surface area contributed by atoms with Gasteiger partial charge >= 0.3 is 6.18 Å². The fourth-order valence-corrected chi connectivity index (χ4v) is 9.62. The minimum absolute atomic E-state index is 0.0666. The standard InChI is InChI=1S/C54H67F3N8O9S/c1-34(37-10-12-38(13-11-37)47-36(3)61-33-75-47)62-50(68)45-29-43(66)32-65(45)52(69)48(53(4,5)6)58-14-17-70-20-21-72-22-23-73-24-25-74-51-46(64-15-18-71-19-16-64)27-40(30-60-51)44-28-42(31-59-35(44)2)63-49(67)39-8-7-9-41(26-39)54(55,56)57/h7-13,26-28,30-31,33-34,43,45,48,58,66H,14-25,29,32H2,1-6H3,(H,62,68)(H,63,67)/t34-,43+,45-,48-/m0/s1. The molecule has 2 aliphatic rings. The van der Waals surface area contributed by atoms with E-state index in [1.165, 1.54) is 23.2 Å². The van der Waals surface area contributed by atoms with Gasteiger partial charge in [0.1, 0.15) is 18.3 Å². The summed E-state index contributed by atoms with van der Waals surface area (Å²) >= 11 is 1.58. The highest BCUT2D eigenvalue weighted by molar-refractivity contribution is 7.13. The fourth-order valence-electron chi connectivity index (χ4n) is 8.81. The Labute approximate surface area is 439 Å². The lowest BCUT2D eigenvalue weighted by Gasteiger charge is -2.35. The molecule has 4 N–H and O–H groups in total. The predicted octanol–water partition coefficient (Wildman–Crippen LogP) is 7.26. The fraction of sp³-hybridized carbons (Fsp3) is 0.481. The van der Waals surface area contributed by atoms with Crippen LogP contribution in [0.15, 0.2) is 78.6 Å². The van der Waals surface area contributed by atoms with E-state index < -0.39 is 41.2 Å². The first kappa shape index (κ1) is 56.7. The van der Waals surface area contributed by atoms with E-state index in [1.807, 2.05) is 77.4 Å². The van der Waals surface area contributed by atoms with Gasteiger partial charge in [0.05, 0.1) is 105 Å². The van der Waals surface area contributed by atoms with Gasteiger partial charge in [0.2, 0.25) is 17.7 Å². The van der Waals surface area contributed by atoms with Crippen LogP contribution >= 0.6 is 11.3 Å². The Bertz CT molecular complexity index is 2700. The normalized spacial score (nSPS) is 16.9. The molecule has 0 aliphatic carbocycles. The number of aromatic nitrogens is 3. The number of carbonyl (C=O) groups is 3. The Kier molecular flexibility index (Phi) is 19.7. The van der Waals surface area contributed by atoms with Crippen LogP contribution in [-0.2, 0) is 34.7 Å². The zero-order valence-electron chi connectivity index (χ0n) is 43.2. The summed E-state index contributed by atoms with van der Waals surface area (Å²) in [7, 11) is 0. The van der Waals surface area contributed by atoms with Crippen LogP contribution in [0.1, 0.15) is 73.0 Å². The SMILES string of the molecule is Cc1ncc(NC(=O)c2cccc(C(F)(F)F)c2)cc1-c1cnc(OCCOCCOCCOCCN[C@@H](C(=O)N2C[C@H](O)C[C@H]2C(=O)N[C@@H](C)c2ccc(-c3scnc3C)cc2)C(C)(C)C)c(N2CCOCC2)c1. The van der Waals surface area contributed by atoms with Crippen LogP contribution in [0.3, 0.4) is 0 Å². The summed E-state index contributed by atoms with van der Waals surface area (Å²) in [6.07, 6.45) is -2.16. The van der Waals surface area contributed by atoms with E-state index >= 15 is 0 Å². The Balaban J connectivity index is 0.811. The molecule has 2 aliphatic heterocycles. The van der Waals surface area contributed by atoms with Gasteiger partial charge in [-0.05, 0) is 67.6 Å². The number of halogens is 3. The van der Waals surface area contributed by atoms with Crippen LogP contribution in [0.5, 0.6) is 5.88 Å². The molecule has 0 spiro atoms. The van der Waals surface area contributed by atoms with Crippen molar-refractivity contribution in [2.24, 2.45) is 5.41 Å². The summed E-state index contributed by atoms with van der Waals surface area (Å²) in [6, 6.07) is 14.1. The van der Waals surface area contributed by atoms with E-state index in [0.717, 1.165) is 39.5 Å². The number of amides is 3. The van der Waals surface area contributed by atoms with Gasteiger partial charge in [-0.15, -0.1) is 11.3 Å². The summed E-state index contributed by atoms with van der Waals surface area (Å²) in [6.45, 7) is 16.4. The summed E-state index contributed by atoms with van der Waals surface area (Å²) < 4.78 is 68.8. The molecule has 0 radical (unpaired) electrons. The van der Waals surface area contributed by atoms with Crippen LogP contribution < -0.4 is 25.6 Å². The number of ether oxygens (including phenoxy) is 5. The molecule has 7 rings (SSSR count). The average Bonchev–Trinajstić information content (AvgIpc) is 4.01. The number of aryl methyl sites for hydroxylation is 2. The Morgan fingerprint density at radius 1 is 0.853 bits per heavy atom. The third-order valence-corrected chi connectivity index (χ3v) is 13.8. The lowest BCUT2D eigenvalue weighted by Crippen LogP contribution is -2.57. The van der Waals surface area contributed by atoms with E-state index in [2.05, 4.69) is 35.8 Å². The number of aliphatic hydroxyl groups is 1. The minimum Gasteiger partial charge on any atom is -0.474 e. The number of nitrogens with zero attached hydrogens (tertiary/aromatic N) is 5. The number of benzene rings is 2. The Morgan fingerprint density at radius 2 is 1.55 bits per heavy atom. The first-order valence-corrected chi connectivity index (χ1v) is 25.9. The number of carbonyl (C=O) groups excluding carboxylic acids is 3. The van der Waals surface area contributed by atoms with E-state index in [1.54, 1.807) is 23.6 Å². The quantitative estimate of drug-likeness (QED) is 0.0477. The molecule has 0 bridgehead atoms. The molecule has 21 heteroatoms. The molecular weight excluding hydrogens is 994 g/mol. The molecule has 5 heterocycles. The van der Waals surface area contributed by atoms with Crippen LogP contribution in [0.2, 0.25) is 0 Å². The maximum Gasteiger partial charge on any atom is 0.416 e. The third-order valence-electron chi connectivity index (χ3n) is 12.9. The second-order valence-corrected chi connectivity index (χ2v) is 20.3. The number of hydrogen-bond acceptors (Lipinski definition) is 15. The largest absolute Gasteiger partial charge is 0.474 e. The number of β-amino-alcohol motifs (C(OH)–C–C–N with tert-alkyl or cyclic N) is 1. The molecule has 0 unspecified atom stereocenters. The van der Waals surface area contributed by atoms with Gasteiger partial charge in [0, 0.05) is 61.2 Å². The van der Waals surface area contributed by atoms with Crippen molar-refractivity contribution in [3.05, 3.63) is 107 Å². The Hall–Kier alpha value is -6.07. The zero-order valence-corrected chi connectivity index (χ0v) is 44.0. The van der Waals surface area contributed by atoms with E-state index in [0.29, 0.717) is 94.3 Å². The average molecular weight is 1060 g/mol. The molecule has 75 heavy (non-hydrogen) atoms. The van der Waals surface area contributed by atoms with Gasteiger partial charge in [0.15, 0.2) is 0 Å². The smallest absolute Gasteiger partial charge is 0.416 e. The van der Waals surface area contributed by atoms with E-state index in [9.17, 15) is 32.7 Å². The van der Waals surface area contributed by atoms with Crippen molar-refractivity contribution < 1.29 is 56.3 Å². The topological polar surface area (TPSA) is 199 Å². The number of nitrogens with one attached hydrogen (secondary N) is 3. The summed E-state index contributed by atoms with van der Waals surface area (Å²) in [5.41, 5.74) is 6.27. The number of likely N-dealkylation sites (tertiary alicyclic amines) is 1. The number of aliphatic hydroxyl groups excluding tert-OH is 1. The van der Waals surface area contributed by atoms with Gasteiger partial charge in [0.25, 0.3) is 5.91 Å². The van der Waals surface area contributed by atoms with Crippen LogP contribution in [-0.4, -0.2) is 147 Å². The van der Waals surface area contributed by atoms with Crippen molar-refractivity contribution in [3.63, 3.8) is 0 Å². The lowest BCUT2D eigenvalue weighted by molar-refractivity contribution is -0.142. The molecule has 4 atom stereocenters. The van der Waals surface area contributed by atoms with Gasteiger partial charge in [-0.1, -0.05) is 51.1 Å². The van der Waals surface area contributed by atoms with Gasteiger partial charge in [-0.25, -0.2) is 9.97 Å². The van der Waals surface area contributed by atoms with Crippen LogP contribution in [0.25, 0.3) is 21.6 Å². The lowest BCUT2D eigenvalue weighted by atomic mass is 9.85. The number of rotatable bonds is 23. The van der Waals surface area contributed by atoms with E-state index in [4.69, 9.17) is 23.7 Å². The van der Waals surface area contributed by atoms with Crippen LogP contribution in [0.4, 0.5) is 24.5 Å². The second kappa shape index (κ2) is 26.1. The number of alkyl halides is 3. The van der Waals surface area contributed by atoms with Crippen molar-refractivity contribution in [1.82, 2.24) is 30.5 Å². The third kappa shape index (κ3) is 15.5. The van der Waals surface area contributed by atoms with Gasteiger partial charge in [-0.3, -0.25) is 19.4 Å². The van der Waals surface area contributed by atoms with Crippen molar-refractivity contribution in [2.45, 2.75) is 78.4 Å². The molecular formula is C54H67F3N8O9S. The van der Waals surface area contributed by atoms with Crippen molar-refractivity contribution >= 4 is 40.4 Å². The minimum atomic E-state index is -4.59. The highest BCUT2D eigenvalue weighted by Gasteiger charge is 2.44. The molecule has 404 valence electrons. The molecule has 17 nitrogen and oxygen atoms in total. The predicted molar refractivity (Wildman–Crippen MR) is 279 cm³/mol.